The van der Waals surface area contributed by atoms with E-state index in [9.17, 15) is 18.4 Å². The minimum absolute atomic E-state index is 0.158. The number of halogens is 3. The van der Waals surface area contributed by atoms with Gasteiger partial charge in [-0.2, -0.15) is 0 Å². The minimum atomic E-state index is -0.865. The largest absolute Gasteiger partial charge is 0.453 e. The molecule has 0 unspecified atom stereocenters. The number of nitrogens with one attached hydrogen (secondary N) is 2. The van der Waals surface area contributed by atoms with Crippen molar-refractivity contribution in [3.63, 3.8) is 0 Å². The molecule has 0 spiro atoms. The number of hydrogen-bond acceptors (Lipinski definition) is 3. The van der Waals surface area contributed by atoms with E-state index < -0.39 is 23.6 Å². The molecule has 0 radical (unpaired) electrons. The molecule has 8 heteroatoms. The average molecular weight is 341 g/mol. The van der Waals surface area contributed by atoms with Crippen LogP contribution in [0.25, 0.3) is 0 Å². The second-order valence-electron chi connectivity index (χ2n) is 4.39. The van der Waals surface area contributed by atoms with Crippen molar-refractivity contribution in [3.05, 3.63) is 58.6 Å². The molecule has 0 heterocycles. The Morgan fingerprint density at radius 1 is 1.04 bits per heavy atom. The van der Waals surface area contributed by atoms with Crippen LogP contribution in [0, 0.1) is 11.6 Å². The van der Waals surface area contributed by atoms with Crippen molar-refractivity contribution in [1.82, 2.24) is 0 Å². The maximum Gasteiger partial charge on any atom is 0.411 e. The standard InChI is InChI=1S/C15H11ClF2N2O3/c1-23-15(22)20-13-7-9(3-5-11(13)17)19-14(21)10-4-2-8(16)6-12(10)18/h2-7H,1H3,(H,19,21)(H,20,22). The summed E-state index contributed by atoms with van der Waals surface area (Å²) in [5, 5.41) is 4.71. The van der Waals surface area contributed by atoms with Crippen molar-refractivity contribution in [1.29, 1.82) is 0 Å². The maximum absolute atomic E-state index is 13.7. The van der Waals surface area contributed by atoms with Crippen molar-refractivity contribution in [2.24, 2.45) is 0 Å². The molecule has 0 saturated heterocycles. The van der Waals surface area contributed by atoms with Gasteiger partial charge in [-0.05, 0) is 36.4 Å². The third-order valence-corrected chi connectivity index (χ3v) is 3.06. The quantitative estimate of drug-likeness (QED) is 0.885. The van der Waals surface area contributed by atoms with E-state index in [1.54, 1.807) is 0 Å². The van der Waals surface area contributed by atoms with E-state index in [1.165, 1.54) is 24.3 Å². The van der Waals surface area contributed by atoms with Crippen molar-refractivity contribution < 1.29 is 23.1 Å². The van der Waals surface area contributed by atoms with Gasteiger partial charge in [-0.25, -0.2) is 13.6 Å². The first-order chi connectivity index (χ1) is 10.9. The van der Waals surface area contributed by atoms with Gasteiger partial charge in [-0.15, -0.1) is 0 Å². The summed E-state index contributed by atoms with van der Waals surface area (Å²) < 4.78 is 31.6. The zero-order chi connectivity index (χ0) is 17.0. The first kappa shape index (κ1) is 16.7. The zero-order valence-electron chi connectivity index (χ0n) is 11.8. The zero-order valence-corrected chi connectivity index (χ0v) is 12.6. The fraction of sp³-hybridized carbons (Fsp3) is 0.0667. The fourth-order valence-corrected chi connectivity index (χ4v) is 1.89. The molecule has 23 heavy (non-hydrogen) atoms. The van der Waals surface area contributed by atoms with Crippen molar-refractivity contribution >= 4 is 35.0 Å². The second-order valence-corrected chi connectivity index (χ2v) is 4.83. The monoisotopic (exact) mass is 340 g/mol. The Kier molecular flexibility index (Phi) is 5.13. The predicted molar refractivity (Wildman–Crippen MR) is 81.8 cm³/mol. The third-order valence-electron chi connectivity index (χ3n) is 2.82. The lowest BCUT2D eigenvalue weighted by atomic mass is 10.2. The molecule has 0 fully saturated rings. The highest BCUT2D eigenvalue weighted by molar-refractivity contribution is 6.30. The molecular formula is C15H11ClF2N2O3. The molecule has 0 aliphatic heterocycles. The fourth-order valence-electron chi connectivity index (χ4n) is 1.73. The molecule has 5 nitrogen and oxygen atoms in total. The first-order valence-corrected chi connectivity index (χ1v) is 6.69. The van der Waals surface area contributed by atoms with Crippen LogP contribution in [0.1, 0.15) is 10.4 Å². The van der Waals surface area contributed by atoms with E-state index in [0.29, 0.717) is 0 Å². The molecule has 0 saturated carbocycles. The summed E-state index contributed by atoms with van der Waals surface area (Å²) in [5.41, 5.74) is -0.246. The van der Waals surface area contributed by atoms with Crippen LogP contribution in [0.4, 0.5) is 25.0 Å². The molecule has 2 aromatic carbocycles. The van der Waals surface area contributed by atoms with Crippen LogP contribution in [0.3, 0.4) is 0 Å². The number of amides is 2. The van der Waals surface area contributed by atoms with Crippen molar-refractivity contribution in [2.45, 2.75) is 0 Å². The number of anilines is 2. The Bertz CT molecular complexity index is 768. The van der Waals surface area contributed by atoms with Crippen LogP contribution < -0.4 is 10.6 Å². The lowest BCUT2D eigenvalue weighted by molar-refractivity contribution is 0.102. The van der Waals surface area contributed by atoms with Crippen LogP contribution >= 0.6 is 11.6 Å². The van der Waals surface area contributed by atoms with E-state index in [4.69, 9.17) is 11.6 Å². The lowest BCUT2D eigenvalue weighted by Crippen LogP contribution is -2.15. The molecule has 2 N–H and O–H groups in total. The molecular weight excluding hydrogens is 330 g/mol. The molecule has 0 aliphatic carbocycles. The Hall–Kier alpha value is -2.67. The normalized spacial score (nSPS) is 10.1. The SMILES string of the molecule is COC(=O)Nc1cc(NC(=O)c2ccc(Cl)cc2F)ccc1F. The number of hydrogen-bond donors (Lipinski definition) is 2. The number of rotatable bonds is 3. The summed E-state index contributed by atoms with van der Waals surface area (Å²) >= 11 is 5.62. The summed E-state index contributed by atoms with van der Waals surface area (Å²) in [4.78, 5) is 23.1. The summed E-state index contributed by atoms with van der Waals surface area (Å²) in [7, 11) is 1.13. The van der Waals surface area contributed by atoms with Gasteiger partial charge in [-0.3, -0.25) is 10.1 Å². The van der Waals surface area contributed by atoms with Crippen molar-refractivity contribution in [3.8, 4) is 0 Å². The second kappa shape index (κ2) is 7.06. The van der Waals surface area contributed by atoms with Crippen LogP contribution in [0.2, 0.25) is 5.02 Å². The highest BCUT2D eigenvalue weighted by Crippen LogP contribution is 2.21. The Labute approximate surface area is 135 Å². The Morgan fingerprint density at radius 3 is 2.43 bits per heavy atom. The van der Waals surface area contributed by atoms with Crippen LogP contribution in [0.5, 0.6) is 0 Å². The van der Waals surface area contributed by atoms with Gasteiger partial charge in [0.05, 0.1) is 18.4 Å². The number of methoxy groups -OCH3 is 1. The highest BCUT2D eigenvalue weighted by Gasteiger charge is 2.14. The Morgan fingerprint density at radius 2 is 1.78 bits per heavy atom. The first-order valence-electron chi connectivity index (χ1n) is 6.31. The topological polar surface area (TPSA) is 67.4 Å². The van der Waals surface area contributed by atoms with Crippen LogP contribution in [-0.2, 0) is 4.74 Å². The van der Waals surface area contributed by atoms with Gasteiger partial charge < -0.3 is 10.1 Å². The molecule has 0 bridgehead atoms. The molecule has 0 aromatic heterocycles. The molecule has 120 valence electrons. The highest BCUT2D eigenvalue weighted by atomic mass is 35.5. The maximum atomic E-state index is 13.7. The molecule has 0 aliphatic rings. The third kappa shape index (κ3) is 4.17. The van der Waals surface area contributed by atoms with E-state index in [2.05, 4.69) is 15.4 Å². The summed E-state index contributed by atoms with van der Waals surface area (Å²) in [5.74, 6) is -2.24. The summed E-state index contributed by atoms with van der Waals surface area (Å²) in [6, 6.07) is 7.09. The van der Waals surface area contributed by atoms with Gasteiger partial charge >= 0.3 is 6.09 Å². The molecule has 2 aromatic rings. The minimum Gasteiger partial charge on any atom is -0.453 e. The van der Waals surface area contributed by atoms with E-state index in [0.717, 1.165) is 19.2 Å². The molecule has 2 rings (SSSR count). The summed E-state index contributed by atoms with van der Waals surface area (Å²) in [6.45, 7) is 0. The van der Waals surface area contributed by atoms with Crippen LogP contribution in [-0.4, -0.2) is 19.1 Å². The van der Waals surface area contributed by atoms with Gasteiger partial charge in [0.15, 0.2) is 0 Å². The lowest BCUT2D eigenvalue weighted by Gasteiger charge is -2.10. The number of carbonyl (C=O) groups is 2. The van der Waals surface area contributed by atoms with Crippen molar-refractivity contribution in [2.75, 3.05) is 17.7 Å². The smallest absolute Gasteiger partial charge is 0.411 e. The van der Waals surface area contributed by atoms with Gasteiger partial charge in [0.2, 0.25) is 0 Å². The van der Waals surface area contributed by atoms with Gasteiger partial charge in [0, 0.05) is 10.7 Å². The number of benzene rings is 2. The van der Waals surface area contributed by atoms with Gasteiger partial charge in [0.1, 0.15) is 11.6 Å². The average Bonchev–Trinajstić information content (AvgIpc) is 2.50. The van der Waals surface area contributed by atoms with E-state index in [-0.39, 0.29) is 22.0 Å². The van der Waals surface area contributed by atoms with Gasteiger partial charge in [0.25, 0.3) is 5.91 Å². The molecule has 2 amide bonds. The number of carbonyl (C=O) groups excluding carboxylic acids is 2. The van der Waals surface area contributed by atoms with Gasteiger partial charge in [-0.1, -0.05) is 11.6 Å². The summed E-state index contributed by atoms with van der Waals surface area (Å²) in [6.07, 6.45) is -0.865. The molecule has 0 atom stereocenters. The number of ether oxygens (including phenoxy) is 1. The Balaban J connectivity index is 2.21. The van der Waals surface area contributed by atoms with E-state index in [1.807, 2.05) is 0 Å². The van der Waals surface area contributed by atoms with E-state index >= 15 is 0 Å². The predicted octanol–water partition coefficient (Wildman–Crippen LogP) is 4.05. The van der Waals surface area contributed by atoms with Crippen LogP contribution in [0.15, 0.2) is 36.4 Å².